The third-order valence-electron chi connectivity index (χ3n) is 4.87. The molecule has 0 spiro atoms. The highest BCUT2D eigenvalue weighted by atomic mass is 16.6. The van der Waals surface area contributed by atoms with Crippen molar-refractivity contribution in [2.24, 2.45) is 11.8 Å². The van der Waals surface area contributed by atoms with Gasteiger partial charge in [0.05, 0.1) is 12.0 Å². The largest absolute Gasteiger partial charge is 0.481 e. The lowest BCUT2D eigenvalue weighted by atomic mass is 9.87. The molecule has 3 N–H and O–H groups in total. The van der Waals surface area contributed by atoms with Gasteiger partial charge in [-0.15, -0.1) is 0 Å². The first kappa shape index (κ1) is 24.9. The van der Waals surface area contributed by atoms with E-state index in [0.29, 0.717) is 0 Å². The predicted octanol–water partition coefficient (Wildman–Crippen LogP) is 4.14. The molecule has 0 heterocycles. The van der Waals surface area contributed by atoms with Crippen molar-refractivity contribution in [2.75, 3.05) is 0 Å². The lowest BCUT2D eigenvalue weighted by Crippen LogP contribution is -2.55. The minimum Gasteiger partial charge on any atom is -0.481 e. The Morgan fingerprint density at radius 1 is 0.844 bits per heavy atom. The number of alkyl carbamates (subject to hydrolysis) is 1. The van der Waals surface area contributed by atoms with E-state index in [2.05, 4.69) is 10.6 Å². The van der Waals surface area contributed by atoms with Crippen molar-refractivity contribution in [3.05, 3.63) is 71.8 Å². The average Bonchev–Trinajstić information content (AvgIpc) is 2.70. The van der Waals surface area contributed by atoms with E-state index in [1.54, 1.807) is 34.6 Å². The maximum absolute atomic E-state index is 13.4. The number of ether oxygens (including phenoxy) is 1. The topological polar surface area (TPSA) is 105 Å². The average molecular weight is 441 g/mol. The monoisotopic (exact) mass is 440 g/mol. The van der Waals surface area contributed by atoms with Crippen molar-refractivity contribution in [1.82, 2.24) is 10.6 Å². The summed E-state index contributed by atoms with van der Waals surface area (Å²) in [5.74, 6) is -3.33. The summed E-state index contributed by atoms with van der Waals surface area (Å²) >= 11 is 0. The van der Waals surface area contributed by atoms with Crippen LogP contribution >= 0.6 is 0 Å². The van der Waals surface area contributed by atoms with E-state index in [4.69, 9.17) is 4.74 Å². The molecule has 2 amide bonds. The van der Waals surface area contributed by atoms with E-state index in [-0.39, 0.29) is 0 Å². The summed E-state index contributed by atoms with van der Waals surface area (Å²) in [4.78, 5) is 37.9. The molecule has 0 aliphatic rings. The number of benzene rings is 2. The van der Waals surface area contributed by atoms with E-state index in [1.807, 2.05) is 60.7 Å². The molecule has 2 aromatic carbocycles. The van der Waals surface area contributed by atoms with Crippen molar-refractivity contribution >= 4 is 18.0 Å². The fourth-order valence-corrected chi connectivity index (χ4v) is 3.45. The normalized spacial score (nSPS) is 13.3. The first-order chi connectivity index (χ1) is 15.0. The summed E-state index contributed by atoms with van der Waals surface area (Å²) in [5.41, 5.74) is 0.872. The second kappa shape index (κ2) is 10.8. The number of nitrogens with one attached hydrogen (secondary N) is 2. The highest BCUT2D eigenvalue weighted by molar-refractivity contribution is 5.91. The Hall–Kier alpha value is -3.35. The van der Waals surface area contributed by atoms with Gasteiger partial charge in [-0.1, -0.05) is 74.5 Å². The molecule has 0 aliphatic carbocycles. The first-order valence-corrected chi connectivity index (χ1v) is 10.6. The lowest BCUT2D eigenvalue weighted by Gasteiger charge is -2.30. The zero-order chi connectivity index (χ0) is 23.9. The number of hydrogen-bond donors (Lipinski definition) is 3. The van der Waals surface area contributed by atoms with Crippen LogP contribution in [0, 0.1) is 11.8 Å². The summed E-state index contributed by atoms with van der Waals surface area (Å²) in [7, 11) is 0. The number of carboxylic acid groups (broad SMARTS) is 1. The van der Waals surface area contributed by atoms with Gasteiger partial charge < -0.3 is 20.5 Å². The van der Waals surface area contributed by atoms with Gasteiger partial charge in [0, 0.05) is 0 Å². The highest BCUT2D eigenvalue weighted by Gasteiger charge is 2.39. The predicted molar refractivity (Wildman–Crippen MR) is 122 cm³/mol. The van der Waals surface area contributed by atoms with Crippen LogP contribution in [-0.2, 0) is 14.3 Å². The fourth-order valence-electron chi connectivity index (χ4n) is 3.45. The molecule has 172 valence electrons. The Balaban J connectivity index is 2.39. The van der Waals surface area contributed by atoms with E-state index in [9.17, 15) is 19.5 Å². The number of carbonyl (C=O) groups excluding carboxylic acids is 2. The minimum absolute atomic E-state index is 0.412. The molecular weight excluding hydrogens is 408 g/mol. The van der Waals surface area contributed by atoms with E-state index in [1.165, 1.54) is 0 Å². The molecule has 0 aromatic heterocycles. The molecule has 2 atom stereocenters. The second-order valence-electron chi connectivity index (χ2n) is 8.99. The molecule has 0 aliphatic heterocycles. The van der Waals surface area contributed by atoms with Crippen molar-refractivity contribution in [1.29, 1.82) is 0 Å². The maximum Gasteiger partial charge on any atom is 0.408 e. The van der Waals surface area contributed by atoms with Gasteiger partial charge in [0.2, 0.25) is 5.91 Å². The number of amides is 2. The Bertz CT molecular complexity index is 867. The molecule has 7 heteroatoms. The first-order valence-electron chi connectivity index (χ1n) is 10.6. The van der Waals surface area contributed by atoms with Gasteiger partial charge in [-0.25, -0.2) is 4.79 Å². The van der Waals surface area contributed by atoms with Crippen LogP contribution in [-0.4, -0.2) is 34.7 Å². The van der Waals surface area contributed by atoms with Crippen LogP contribution in [0.15, 0.2) is 60.7 Å². The summed E-state index contributed by atoms with van der Waals surface area (Å²) in [6, 6.07) is 16.9. The summed E-state index contributed by atoms with van der Waals surface area (Å²) < 4.78 is 5.28. The summed E-state index contributed by atoms with van der Waals surface area (Å²) in [5, 5.41) is 15.2. The molecular formula is C25H32N2O5. The highest BCUT2D eigenvalue weighted by Crippen LogP contribution is 2.24. The van der Waals surface area contributed by atoms with Crippen LogP contribution in [0.25, 0.3) is 0 Å². The van der Waals surface area contributed by atoms with Crippen LogP contribution < -0.4 is 10.6 Å². The lowest BCUT2D eigenvalue weighted by molar-refractivity contribution is -0.147. The smallest absolute Gasteiger partial charge is 0.408 e. The molecule has 0 fully saturated rings. The van der Waals surface area contributed by atoms with E-state index < -0.39 is 47.5 Å². The van der Waals surface area contributed by atoms with Crippen LogP contribution in [0.3, 0.4) is 0 Å². The van der Waals surface area contributed by atoms with Crippen LogP contribution in [0.5, 0.6) is 0 Å². The molecule has 2 rings (SSSR count). The number of aliphatic carboxylic acids is 1. The Labute approximate surface area is 189 Å². The molecule has 0 saturated heterocycles. The second-order valence-corrected chi connectivity index (χ2v) is 8.99. The maximum atomic E-state index is 13.4. The fraction of sp³-hybridized carbons (Fsp3) is 0.400. The Morgan fingerprint density at radius 2 is 1.31 bits per heavy atom. The Morgan fingerprint density at radius 3 is 1.69 bits per heavy atom. The molecule has 2 aromatic rings. The molecule has 7 nitrogen and oxygen atoms in total. The standard InChI is InChI=1S/C25H32N2O5/c1-16(2)19(23(29)30)21(27-24(31)32-25(3,4)5)22(28)26-20(17-12-8-6-9-13-17)18-14-10-7-11-15-18/h6-16,19-21H,1-5H3,(H,26,28)(H,27,31)(H,29,30)/t19?,21-/m0/s1. The third-order valence-corrected chi connectivity index (χ3v) is 4.87. The third kappa shape index (κ3) is 7.11. The zero-order valence-electron chi connectivity index (χ0n) is 19.2. The van der Waals surface area contributed by atoms with E-state index >= 15 is 0 Å². The zero-order valence-corrected chi connectivity index (χ0v) is 19.2. The number of carboxylic acids is 1. The van der Waals surface area contributed by atoms with Crippen LogP contribution in [0.1, 0.15) is 51.8 Å². The number of rotatable bonds is 8. The van der Waals surface area contributed by atoms with Crippen molar-refractivity contribution in [3.63, 3.8) is 0 Å². The SMILES string of the molecule is CC(C)C(C(=O)O)[C@H](NC(=O)OC(C)(C)C)C(=O)NC(c1ccccc1)c1ccccc1. The summed E-state index contributed by atoms with van der Waals surface area (Å²) in [6.07, 6.45) is -0.847. The molecule has 32 heavy (non-hydrogen) atoms. The molecule has 0 saturated carbocycles. The quantitative estimate of drug-likeness (QED) is 0.572. The van der Waals surface area contributed by atoms with Gasteiger partial charge in [0.15, 0.2) is 0 Å². The number of carbonyl (C=O) groups is 3. The Kier molecular flexibility index (Phi) is 8.41. The molecule has 1 unspecified atom stereocenters. The van der Waals surface area contributed by atoms with Gasteiger partial charge in [-0.3, -0.25) is 9.59 Å². The molecule has 0 bridgehead atoms. The van der Waals surface area contributed by atoms with E-state index in [0.717, 1.165) is 11.1 Å². The number of hydrogen-bond acceptors (Lipinski definition) is 4. The van der Waals surface area contributed by atoms with Gasteiger partial charge in [0.1, 0.15) is 11.6 Å². The van der Waals surface area contributed by atoms with Gasteiger partial charge in [-0.05, 0) is 37.8 Å². The van der Waals surface area contributed by atoms with Crippen molar-refractivity contribution in [3.8, 4) is 0 Å². The van der Waals surface area contributed by atoms with Gasteiger partial charge in [-0.2, -0.15) is 0 Å². The van der Waals surface area contributed by atoms with Gasteiger partial charge >= 0.3 is 12.1 Å². The van der Waals surface area contributed by atoms with Crippen LogP contribution in [0.2, 0.25) is 0 Å². The minimum atomic E-state index is -1.32. The van der Waals surface area contributed by atoms with Crippen LogP contribution in [0.4, 0.5) is 4.79 Å². The van der Waals surface area contributed by atoms with Gasteiger partial charge in [0.25, 0.3) is 0 Å². The molecule has 0 radical (unpaired) electrons. The summed E-state index contributed by atoms with van der Waals surface area (Å²) in [6.45, 7) is 8.47. The van der Waals surface area contributed by atoms with Crippen molar-refractivity contribution < 1.29 is 24.2 Å². The van der Waals surface area contributed by atoms with Crippen molar-refractivity contribution in [2.45, 2.75) is 52.3 Å².